The fourth-order valence-corrected chi connectivity index (χ4v) is 3.30. The molecule has 3 rings (SSSR count). The number of hydrogen-bond acceptors (Lipinski definition) is 3. The van der Waals surface area contributed by atoms with E-state index in [2.05, 4.69) is 40.5 Å². The second-order valence-electron chi connectivity index (χ2n) is 6.45. The van der Waals surface area contributed by atoms with Gasteiger partial charge >= 0.3 is 0 Å². The van der Waals surface area contributed by atoms with Crippen molar-refractivity contribution in [3.8, 4) is 0 Å². The molecule has 4 heteroatoms. The second-order valence-corrected chi connectivity index (χ2v) is 6.45. The van der Waals surface area contributed by atoms with Crippen LogP contribution in [0, 0.1) is 11.8 Å². The Hall–Kier alpha value is -1.39. The van der Waals surface area contributed by atoms with Gasteiger partial charge in [0.2, 0.25) is 5.91 Å². The zero-order chi connectivity index (χ0) is 14.7. The van der Waals surface area contributed by atoms with Crippen molar-refractivity contribution in [3.05, 3.63) is 35.9 Å². The van der Waals surface area contributed by atoms with Crippen LogP contribution < -0.4 is 5.32 Å². The minimum atomic E-state index is 0.219. The number of carbonyl (C=O) groups is 1. The molecule has 0 spiro atoms. The Morgan fingerprint density at radius 1 is 1.33 bits per heavy atom. The maximum Gasteiger partial charge on any atom is 0.228 e. The van der Waals surface area contributed by atoms with Crippen molar-refractivity contribution >= 4 is 5.91 Å². The minimum Gasteiger partial charge on any atom is -0.345 e. The summed E-state index contributed by atoms with van der Waals surface area (Å²) < 4.78 is 0. The Kier molecular flexibility index (Phi) is 4.56. The lowest BCUT2D eigenvalue weighted by atomic mass is 10.0. The first-order valence-corrected chi connectivity index (χ1v) is 7.94. The predicted molar refractivity (Wildman–Crippen MR) is 83.8 cm³/mol. The van der Waals surface area contributed by atoms with Gasteiger partial charge in [0.1, 0.15) is 0 Å². The number of hydrogen-bond donors (Lipinski definition) is 1. The highest BCUT2D eigenvalue weighted by Gasteiger charge is 2.30. The Morgan fingerprint density at radius 3 is 2.76 bits per heavy atom. The van der Waals surface area contributed by atoms with Gasteiger partial charge in [0.05, 0.1) is 5.92 Å². The van der Waals surface area contributed by atoms with Crippen molar-refractivity contribution in [1.29, 1.82) is 0 Å². The van der Waals surface area contributed by atoms with Crippen LogP contribution in [0.3, 0.4) is 0 Å². The number of benzene rings is 1. The van der Waals surface area contributed by atoms with Crippen molar-refractivity contribution in [2.45, 2.75) is 13.0 Å². The van der Waals surface area contributed by atoms with E-state index in [4.69, 9.17) is 0 Å². The summed E-state index contributed by atoms with van der Waals surface area (Å²) in [5, 5.41) is 3.17. The number of amides is 1. The summed E-state index contributed by atoms with van der Waals surface area (Å²) in [6.07, 6.45) is 1.20. The molecule has 114 valence electrons. The molecule has 1 aromatic rings. The zero-order valence-corrected chi connectivity index (χ0v) is 12.8. The Balaban J connectivity index is 1.45. The second kappa shape index (κ2) is 6.58. The van der Waals surface area contributed by atoms with Crippen molar-refractivity contribution in [2.24, 2.45) is 11.8 Å². The third-order valence-electron chi connectivity index (χ3n) is 4.66. The van der Waals surface area contributed by atoms with E-state index in [0.29, 0.717) is 11.8 Å². The molecule has 2 aliphatic heterocycles. The first-order chi connectivity index (χ1) is 10.2. The molecule has 0 aliphatic carbocycles. The van der Waals surface area contributed by atoms with Crippen LogP contribution in [0.1, 0.15) is 12.0 Å². The summed E-state index contributed by atoms with van der Waals surface area (Å²) in [6.45, 7) is 5.89. The average molecular weight is 287 g/mol. The van der Waals surface area contributed by atoms with Crippen molar-refractivity contribution in [2.75, 3.05) is 39.8 Å². The normalized spacial score (nSPS) is 23.0. The average Bonchev–Trinajstić information content (AvgIpc) is 2.85. The predicted octanol–water partition coefficient (Wildman–Crippen LogP) is 1.19. The number of nitrogens with one attached hydrogen (secondary N) is 1. The van der Waals surface area contributed by atoms with Gasteiger partial charge in [-0.2, -0.15) is 0 Å². The van der Waals surface area contributed by atoms with Gasteiger partial charge in [-0.3, -0.25) is 9.69 Å². The maximum absolute atomic E-state index is 12.2. The van der Waals surface area contributed by atoms with E-state index in [9.17, 15) is 4.79 Å². The van der Waals surface area contributed by atoms with Crippen molar-refractivity contribution in [1.82, 2.24) is 15.1 Å². The van der Waals surface area contributed by atoms with Crippen LogP contribution in [0.25, 0.3) is 0 Å². The molecule has 0 radical (unpaired) electrons. The van der Waals surface area contributed by atoms with E-state index in [1.165, 1.54) is 12.0 Å². The summed E-state index contributed by atoms with van der Waals surface area (Å²) in [6, 6.07) is 10.6. The highest BCUT2D eigenvalue weighted by Crippen LogP contribution is 2.20. The Labute approximate surface area is 127 Å². The Morgan fingerprint density at radius 2 is 2.10 bits per heavy atom. The third kappa shape index (κ3) is 3.63. The molecule has 1 unspecified atom stereocenters. The van der Waals surface area contributed by atoms with Crippen LogP contribution in [0.15, 0.2) is 30.3 Å². The van der Waals surface area contributed by atoms with E-state index < -0.39 is 0 Å². The number of likely N-dealkylation sites (tertiary alicyclic amines) is 1. The van der Waals surface area contributed by atoms with Gasteiger partial charge < -0.3 is 10.2 Å². The number of rotatable bonds is 5. The van der Waals surface area contributed by atoms with Gasteiger partial charge in [0.15, 0.2) is 0 Å². The van der Waals surface area contributed by atoms with Crippen molar-refractivity contribution < 1.29 is 4.79 Å². The molecule has 1 N–H and O–H groups in total. The number of carbonyl (C=O) groups excluding carboxylic acids is 1. The molecule has 0 saturated carbocycles. The van der Waals surface area contributed by atoms with Gasteiger partial charge in [-0.05, 0) is 24.4 Å². The molecule has 2 saturated heterocycles. The van der Waals surface area contributed by atoms with Gasteiger partial charge in [-0.1, -0.05) is 30.3 Å². The van der Waals surface area contributed by atoms with Crippen LogP contribution in [-0.4, -0.2) is 55.5 Å². The Bertz CT molecular complexity index is 472. The zero-order valence-electron chi connectivity index (χ0n) is 12.8. The summed E-state index contributed by atoms with van der Waals surface area (Å²) in [4.78, 5) is 16.6. The van der Waals surface area contributed by atoms with Crippen LogP contribution in [0.4, 0.5) is 0 Å². The molecule has 2 fully saturated rings. The van der Waals surface area contributed by atoms with Gasteiger partial charge in [-0.25, -0.2) is 0 Å². The molecule has 4 nitrogen and oxygen atoms in total. The minimum absolute atomic E-state index is 0.219. The highest BCUT2D eigenvalue weighted by atomic mass is 16.2. The van der Waals surface area contributed by atoms with E-state index >= 15 is 0 Å². The first kappa shape index (κ1) is 14.5. The molecule has 2 heterocycles. The lowest BCUT2D eigenvalue weighted by molar-refractivity contribution is -0.136. The van der Waals surface area contributed by atoms with Gasteiger partial charge in [0, 0.05) is 39.8 Å². The largest absolute Gasteiger partial charge is 0.345 e. The SMILES string of the molecule is CN(CC1CCN(Cc2ccccc2)C1)C(=O)C1CNC1. The molecule has 2 aliphatic rings. The lowest BCUT2D eigenvalue weighted by Crippen LogP contribution is -2.51. The standard InChI is InChI=1S/C17H25N3O/c1-19(17(21)16-9-18-10-16)11-15-7-8-20(13-15)12-14-5-3-2-4-6-14/h2-6,15-16,18H,7-13H2,1H3. The number of nitrogens with zero attached hydrogens (tertiary/aromatic N) is 2. The lowest BCUT2D eigenvalue weighted by Gasteiger charge is -2.31. The fourth-order valence-electron chi connectivity index (χ4n) is 3.30. The van der Waals surface area contributed by atoms with Crippen molar-refractivity contribution in [3.63, 3.8) is 0 Å². The monoisotopic (exact) mass is 287 g/mol. The molecule has 21 heavy (non-hydrogen) atoms. The third-order valence-corrected chi connectivity index (χ3v) is 4.66. The molecule has 0 aromatic heterocycles. The van der Waals surface area contributed by atoms with Gasteiger partial charge in [-0.15, -0.1) is 0 Å². The fraction of sp³-hybridized carbons (Fsp3) is 0.588. The molecular formula is C17H25N3O. The quantitative estimate of drug-likeness (QED) is 0.883. The van der Waals surface area contributed by atoms with E-state index in [1.807, 2.05) is 11.9 Å². The van der Waals surface area contributed by atoms with E-state index in [-0.39, 0.29) is 5.92 Å². The van der Waals surface area contributed by atoms with Crippen LogP contribution in [-0.2, 0) is 11.3 Å². The molecule has 1 aromatic carbocycles. The van der Waals surface area contributed by atoms with E-state index in [0.717, 1.165) is 39.3 Å². The van der Waals surface area contributed by atoms with Gasteiger partial charge in [0.25, 0.3) is 0 Å². The maximum atomic E-state index is 12.2. The molecule has 1 atom stereocenters. The molecular weight excluding hydrogens is 262 g/mol. The topological polar surface area (TPSA) is 35.6 Å². The molecule has 0 bridgehead atoms. The van der Waals surface area contributed by atoms with E-state index in [1.54, 1.807) is 0 Å². The molecule has 1 amide bonds. The summed E-state index contributed by atoms with van der Waals surface area (Å²) in [5.41, 5.74) is 1.38. The van der Waals surface area contributed by atoms with Crippen LogP contribution in [0.2, 0.25) is 0 Å². The van der Waals surface area contributed by atoms with Crippen LogP contribution >= 0.6 is 0 Å². The summed E-state index contributed by atoms with van der Waals surface area (Å²) in [5.74, 6) is 1.16. The summed E-state index contributed by atoms with van der Waals surface area (Å²) >= 11 is 0. The summed E-state index contributed by atoms with van der Waals surface area (Å²) in [7, 11) is 1.96. The smallest absolute Gasteiger partial charge is 0.228 e. The van der Waals surface area contributed by atoms with Crippen LogP contribution in [0.5, 0.6) is 0 Å². The highest BCUT2D eigenvalue weighted by molar-refractivity contribution is 5.79. The first-order valence-electron chi connectivity index (χ1n) is 7.94.